The minimum atomic E-state index is -0.454. The van der Waals surface area contributed by atoms with E-state index < -0.39 is 17.9 Å². The lowest BCUT2D eigenvalue weighted by molar-refractivity contribution is -0.152. The smallest absolute Gasteiger partial charge is 0.321 e. The Kier molecular flexibility index (Phi) is 3.01. The van der Waals surface area contributed by atoms with Gasteiger partial charge in [0, 0.05) is 7.11 Å². The normalized spacial score (nSPS) is 19.9. The first-order chi connectivity index (χ1) is 7.70. The largest absolute Gasteiger partial charge is 0.393 e. The van der Waals surface area contributed by atoms with Crippen LogP contribution in [0.4, 0.5) is 0 Å². The van der Waals surface area contributed by atoms with Crippen LogP contribution in [0.1, 0.15) is 23.5 Å². The van der Waals surface area contributed by atoms with Gasteiger partial charge in [0.25, 0.3) is 0 Å². The number of rotatable bonds is 3. The van der Waals surface area contributed by atoms with Crippen molar-refractivity contribution in [3.63, 3.8) is 0 Å². The molecule has 0 saturated carbocycles. The summed E-state index contributed by atoms with van der Waals surface area (Å²) < 4.78 is 9.49. The van der Waals surface area contributed by atoms with Crippen molar-refractivity contribution >= 4 is 11.9 Å². The van der Waals surface area contributed by atoms with Crippen LogP contribution in [0.5, 0.6) is 0 Å². The molecule has 1 fully saturated rings. The first kappa shape index (κ1) is 10.8. The van der Waals surface area contributed by atoms with Crippen molar-refractivity contribution in [2.75, 3.05) is 7.11 Å². The average molecular weight is 220 g/mol. The number of hydrogen-bond acceptors (Lipinski definition) is 4. The van der Waals surface area contributed by atoms with E-state index in [1.54, 1.807) is 7.11 Å². The highest BCUT2D eigenvalue weighted by atomic mass is 16.6. The number of hydrogen-bond donors (Lipinski definition) is 0. The van der Waals surface area contributed by atoms with Crippen molar-refractivity contribution in [1.82, 2.24) is 0 Å². The van der Waals surface area contributed by atoms with E-state index in [1.807, 2.05) is 24.3 Å². The van der Waals surface area contributed by atoms with Gasteiger partial charge >= 0.3 is 11.9 Å². The number of ether oxygens (including phenoxy) is 2. The van der Waals surface area contributed by atoms with Crippen LogP contribution in [0.15, 0.2) is 24.3 Å². The van der Waals surface area contributed by atoms with Gasteiger partial charge in [-0.25, -0.2) is 0 Å². The lowest BCUT2D eigenvalue weighted by Gasteiger charge is -2.06. The van der Waals surface area contributed by atoms with Gasteiger partial charge in [-0.1, -0.05) is 24.3 Å². The summed E-state index contributed by atoms with van der Waals surface area (Å²) >= 11 is 0. The monoisotopic (exact) mass is 220 g/mol. The molecule has 1 heterocycles. The van der Waals surface area contributed by atoms with Crippen LogP contribution in [0.2, 0.25) is 0 Å². The van der Waals surface area contributed by atoms with Crippen molar-refractivity contribution in [2.24, 2.45) is 0 Å². The highest BCUT2D eigenvalue weighted by Gasteiger charge is 2.34. The second-order valence-electron chi connectivity index (χ2n) is 3.72. The highest BCUT2D eigenvalue weighted by molar-refractivity contribution is 5.97. The van der Waals surface area contributed by atoms with E-state index in [2.05, 4.69) is 4.74 Å². The zero-order valence-electron chi connectivity index (χ0n) is 8.93. The molecule has 1 aromatic rings. The van der Waals surface area contributed by atoms with Gasteiger partial charge < -0.3 is 9.47 Å². The summed E-state index contributed by atoms with van der Waals surface area (Å²) in [5, 5.41) is 0. The van der Waals surface area contributed by atoms with E-state index in [0.29, 0.717) is 6.61 Å². The fourth-order valence-corrected chi connectivity index (χ4v) is 1.74. The predicted octanol–water partition coefficient (Wildman–Crippen LogP) is 1.39. The summed E-state index contributed by atoms with van der Waals surface area (Å²) in [6.45, 7) is 0.536. The van der Waals surface area contributed by atoms with Crippen LogP contribution in [-0.4, -0.2) is 19.0 Å². The Balaban J connectivity index is 2.15. The highest BCUT2D eigenvalue weighted by Crippen LogP contribution is 2.27. The lowest BCUT2D eigenvalue weighted by atomic mass is 9.97. The molecule has 0 N–H and O–H groups in total. The molecule has 1 aliphatic heterocycles. The second-order valence-corrected chi connectivity index (χ2v) is 3.72. The molecule has 4 heteroatoms. The molecule has 4 nitrogen and oxygen atoms in total. The Morgan fingerprint density at radius 2 is 2.00 bits per heavy atom. The lowest BCUT2D eigenvalue weighted by Crippen LogP contribution is -2.05. The molecule has 0 aliphatic carbocycles. The van der Waals surface area contributed by atoms with Gasteiger partial charge in [0.05, 0.1) is 18.9 Å². The van der Waals surface area contributed by atoms with Gasteiger partial charge in [-0.15, -0.1) is 0 Å². The molecular weight excluding hydrogens is 208 g/mol. The molecule has 0 spiro atoms. The van der Waals surface area contributed by atoms with Crippen molar-refractivity contribution in [3.05, 3.63) is 35.4 Å². The number of cyclic esters (lactones) is 2. The van der Waals surface area contributed by atoms with E-state index in [4.69, 9.17) is 4.74 Å². The number of methoxy groups -OCH3 is 1. The average Bonchev–Trinajstić information content (AvgIpc) is 2.59. The zero-order chi connectivity index (χ0) is 11.5. The fourth-order valence-electron chi connectivity index (χ4n) is 1.74. The summed E-state index contributed by atoms with van der Waals surface area (Å²) in [6, 6.07) is 7.43. The van der Waals surface area contributed by atoms with Crippen LogP contribution in [-0.2, 0) is 25.7 Å². The minimum Gasteiger partial charge on any atom is -0.393 e. The molecule has 1 aromatic carbocycles. The Morgan fingerprint density at radius 3 is 2.50 bits per heavy atom. The molecule has 0 radical (unpaired) electrons. The van der Waals surface area contributed by atoms with E-state index in [9.17, 15) is 9.59 Å². The topological polar surface area (TPSA) is 52.6 Å². The minimum absolute atomic E-state index is 0.141. The third kappa shape index (κ3) is 2.12. The van der Waals surface area contributed by atoms with Crippen LogP contribution in [0, 0.1) is 0 Å². The van der Waals surface area contributed by atoms with Crippen molar-refractivity contribution < 1.29 is 19.1 Å². The van der Waals surface area contributed by atoms with E-state index in [0.717, 1.165) is 11.1 Å². The fraction of sp³-hybridized carbons (Fsp3) is 0.333. The molecule has 84 valence electrons. The number of esters is 2. The predicted molar refractivity (Wildman–Crippen MR) is 55.6 cm³/mol. The summed E-state index contributed by atoms with van der Waals surface area (Å²) in [7, 11) is 1.63. The van der Waals surface area contributed by atoms with Gasteiger partial charge in [0.1, 0.15) is 0 Å². The van der Waals surface area contributed by atoms with Gasteiger partial charge in [-0.3, -0.25) is 9.59 Å². The van der Waals surface area contributed by atoms with Crippen LogP contribution in [0.25, 0.3) is 0 Å². The molecule has 1 saturated heterocycles. The van der Waals surface area contributed by atoms with Crippen molar-refractivity contribution in [2.45, 2.75) is 18.9 Å². The molecule has 0 aromatic heterocycles. The zero-order valence-corrected chi connectivity index (χ0v) is 8.93. The maximum absolute atomic E-state index is 11.3. The summed E-state index contributed by atoms with van der Waals surface area (Å²) in [5.74, 6) is -1.34. The molecule has 16 heavy (non-hydrogen) atoms. The van der Waals surface area contributed by atoms with Crippen molar-refractivity contribution in [3.8, 4) is 0 Å². The molecule has 0 bridgehead atoms. The van der Waals surface area contributed by atoms with Gasteiger partial charge in [-0.2, -0.15) is 0 Å². The maximum atomic E-state index is 11.3. The summed E-state index contributed by atoms with van der Waals surface area (Å²) in [5.41, 5.74) is 1.85. The summed E-state index contributed by atoms with van der Waals surface area (Å²) in [6.07, 6.45) is 0.141. The third-order valence-electron chi connectivity index (χ3n) is 2.56. The number of carbonyl (C=O) groups excluding carboxylic acids is 2. The van der Waals surface area contributed by atoms with E-state index in [-0.39, 0.29) is 6.42 Å². The molecule has 1 aliphatic rings. The Morgan fingerprint density at radius 1 is 1.31 bits per heavy atom. The second kappa shape index (κ2) is 4.45. The van der Waals surface area contributed by atoms with E-state index >= 15 is 0 Å². The Bertz CT molecular complexity index is 408. The molecule has 1 atom stereocenters. The first-order valence-electron chi connectivity index (χ1n) is 5.03. The molecule has 0 amide bonds. The number of benzene rings is 1. The van der Waals surface area contributed by atoms with Crippen LogP contribution >= 0.6 is 0 Å². The van der Waals surface area contributed by atoms with Gasteiger partial charge in [0.15, 0.2) is 0 Å². The van der Waals surface area contributed by atoms with Gasteiger partial charge in [-0.05, 0) is 11.1 Å². The molecular formula is C12H12O4. The van der Waals surface area contributed by atoms with Crippen LogP contribution in [0.3, 0.4) is 0 Å². The van der Waals surface area contributed by atoms with E-state index in [1.165, 1.54) is 0 Å². The quantitative estimate of drug-likeness (QED) is 0.570. The maximum Gasteiger partial charge on any atom is 0.321 e. The SMILES string of the molecule is COCc1ccc(C2CC(=O)OC2=O)cc1. The third-order valence-corrected chi connectivity index (χ3v) is 2.56. The Labute approximate surface area is 93.2 Å². The summed E-state index contributed by atoms with van der Waals surface area (Å²) in [4.78, 5) is 22.3. The first-order valence-corrected chi connectivity index (χ1v) is 5.03. The number of carbonyl (C=O) groups is 2. The Hall–Kier alpha value is -1.68. The van der Waals surface area contributed by atoms with Crippen LogP contribution < -0.4 is 0 Å². The van der Waals surface area contributed by atoms with Gasteiger partial charge in [0.2, 0.25) is 0 Å². The molecule has 2 rings (SSSR count). The standard InChI is InChI=1S/C12H12O4/c1-15-7-8-2-4-9(5-3-8)10-6-11(13)16-12(10)14/h2-5,10H,6-7H2,1H3. The van der Waals surface area contributed by atoms with Crippen molar-refractivity contribution in [1.29, 1.82) is 0 Å². The molecule has 1 unspecified atom stereocenters.